The quantitative estimate of drug-likeness (QED) is 0.0585. The Hall–Kier alpha value is -7.66. The lowest BCUT2D eigenvalue weighted by Crippen LogP contribution is -2.74. The minimum Gasteiger partial charge on any atom is -0.460 e. The largest absolute Gasteiger partial charge is 0.460 e. The third kappa shape index (κ3) is 16.5. The van der Waals surface area contributed by atoms with E-state index >= 15 is 0 Å². The van der Waals surface area contributed by atoms with Crippen LogP contribution in [0.5, 0.6) is 36.1 Å². The van der Waals surface area contributed by atoms with Gasteiger partial charge in [-0.05, 0) is 25.7 Å². The fraction of sp³-hybridized carbons (Fsp3) is 0.875. The van der Waals surface area contributed by atoms with Gasteiger partial charge in [0.15, 0.2) is 26.4 Å². The molecule has 1 fully saturated rings. The van der Waals surface area contributed by atoms with Crippen LogP contribution in [-0.2, 0) is 0 Å². The number of halogens is 64. The van der Waals surface area contributed by atoms with E-state index in [-0.39, 0.29) is 0 Å². The summed E-state index contributed by atoms with van der Waals surface area (Å²) in [6.07, 6.45) is -36.7. The fourth-order valence-electron chi connectivity index (χ4n) is 8.22. The lowest BCUT2D eigenvalue weighted by atomic mass is 9.89. The van der Waals surface area contributed by atoms with Crippen LogP contribution >= 0.6 is 0 Å². The Morgan fingerprint density at radius 3 is 0.419 bits per heavy atom. The minimum absolute atomic E-state index is 1.49. The van der Waals surface area contributed by atoms with Crippen molar-refractivity contribution in [3.63, 3.8) is 0 Å². The molecule has 0 amide bonds. The summed E-state index contributed by atoms with van der Waals surface area (Å²) in [7, 11) is 0. The summed E-state index contributed by atoms with van der Waals surface area (Å²) < 4.78 is 919. The molecule has 0 spiro atoms. The molecule has 3 rings (SSSR count). The lowest BCUT2D eigenvalue weighted by Gasteiger charge is -2.42. The second kappa shape index (κ2) is 32.2. The van der Waals surface area contributed by atoms with Crippen molar-refractivity contribution in [2.24, 2.45) is 0 Å². The normalized spacial score (nSPS) is 17.8. The van der Waals surface area contributed by atoms with Gasteiger partial charge in [0.05, 0.1) is 0 Å². The minimum atomic E-state index is -9.30. The van der Waals surface area contributed by atoms with Crippen LogP contribution in [0, 0.1) is 0 Å². The van der Waals surface area contributed by atoms with Gasteiger partial charge in [-0.25, -0.2) is 35.1 Å². The number of ether oxygens (including phenoxy) is 6. The summed E-state index contributed by atoms with van der Waals surface area (Å²) >= 11 is 0. The molecule has 2 aromatic heterocycles. The van der Waals surface area contributed by atoms with Gasteiger partial charge < -0.3 is 28.4 Å². The highest BCUT2D eigenvalue weighted by molar-refractivity contribution is 5.21. The van der Waals surface area contributed by atoms with Crippen molar-refractivity contribution < 1.29 is 309 Å². The number of hydrogen-bond acceptors (Lipinski definition) is 12. The second-order valence-electron chi connectivity index (χ2n) is 24.2. The molecule has 0 N–H and O–H groups in total. The summed E-state index contributed by atoms with van der Waals surface area (Å²) in [5.41, 5.74) is 0. The SMILES string of the molecule is FC(F)C(F)(F)C(F)(F)C(F)(F)C(F)(F)C(F)(F)C(F)(F)C(F)(F)COc1nc(OCC(F)(F)C(F)(F)C(F)(F)C(F)(F)C(F)(F)C(F)(F)C(F)(F)C(F)F)nc(OC2CCC(Oc3nc(OCC(F)(F)C(F)(F)C(F)(F)C(F)(F)C(F)(F)C(F)(F)C(F)(F)C(F)F)nc(OCC(F)(F)C(F)(F)C(F)(F)C(F)(F)C(F)(F)C(F)(F)C(F)(F)C(F)F)n3)CC2)n1. The monoisotopic (exact) mass is 1990 g/mol. The van der Waals surface area contributed by atoms with Gasteiger partial charge in [0, 0.05) is 0 Å². The molecule has 0 radical (unpaired) electrons. The van der Waals surface area contributed by atoms with Crippen LogP contribution in [0.1, 0.15) is 25.7 Å². The average Bonchev–Trinajstić information content (AvgIpc) is 0.711. The summed E-state index contributed by atoms with van der Waals surface area (Å²) in [5, 5.41) is 0. The van der Waals surface area contributed by atoms with Crippen molar-refractivity contribution in [2.75, 3.05) is 26.4 Å². The van der Waals surface area contributed by atoms with Crippen molar-refractivity contribution in [2.45, 2.75) is 229 Å². The summed E-state index contributed by atoms with van der Waals surface area (Å²) in [5.74, 6) is -245. The van der Waals surface area contributed by atoms with E-state index in [1.165, 1.54) is 0 Å². The highest BCUT2D eigenvalue weighted by Crippen LogP contribution is 2.69. The predicted molar refractivity (Wildman–Crippen MR) is 251 cm³/mol. The standard InChI is InChI=1S/C48H22F64N6O6/c49-11(50)25(65,66)33(81,82)41(97,98)45(105,106)37(89,90)29(73,74)21(57,58)5-119-15-113-16(120-6-22(59,60)30(75,76)38(91,92)46(107,108)42(99,100)34(83,84)26(67,68)12(51)52)116-19(115-15)123-9-1-2-10(4-3-9)124-20-117-17(121-7-23(61,62)31(77,78)39(93,94)47(109,110)43(101,102)35(85,86)27(69,70)13(53)54)114-18(118-20)122-8-24(63,64)32(79,80)40(95,96)48(111,112)44(103,104)36(87,88)28(71,72)14(55)56/h9-14H,1-8H2. The topological polar surface area (TPSA) is 133 Å². The first-order valence-corrected chi connectivity index (χ1v) is 29.1. The van der Waals surface area contributed by atoms with Gasteiger partial charge in [-0.15, -0.1) is 29.9 Å². The molecule has 1 aliphatic carbocycles. The number of hydrogen-bond donors (Lipinski definition) is 0. The van der Waals surface area contributed by atoms with E-state index in [4.69, 9.17) is 0 Å². The van der Waals surface area contributed by atoms with Crippen LogP contribution in [0.4, 0.5) is 281 Å². The molecule has 2 aromatic rings. The van der Waals surface area contributed by atoms with Crippen LogP contribution in [0.15, 0.2) is 0 Å². The van der Waals surface area contributed by atoms with Crippen LogP contribution < -0.4 is 28.4 Å². The van der Waals surface area contributed by atoms with Gasteiger partial charge in [-0.3, -0.25) is 0 Å². The van der Waals surface area contributed by atoms with Gasteiger partial charge >= 0.3 is 228 Å². The summed E-state index contributed by atoms with van der Waals surface area (Å²) in [6.45, 7) is -17.5. The van der Waals surface area contributed by atoms with E-state index in [2.05, 4.69) is 48.4 Å². The Morgan fingerprint density at radius 2 is 0.290 bits per heavy atom. The predicted octanol–water partition coefficient (Wildman–Crippen LogP) is 21.2. The van der Waals surface area contributed by atoms with Crippen molar-refractivity contribution in [1.29, 1.82) is 0 Å². The summed E-state index contributed by atoms with van der Waals surface area (Å²) in [6, 6.07) is -17.3. The third-order valence-corrected chi connectivity index (χ3v) is 15.8. The van der Waals surface area contributed by atoms with E-state index in [0.717, 1.165) is 0 Å². The Balaban J connectivity index is 2.31. The lowest BCUT2D eigenvalue weighted by molar-refractivity contribution is -0.447. The molecule has 728 valence electrons. The van der Waals surface area contributed by atoms with E-state index < -0.39 is 292 Å². The number of rotatable bonds is 44. The smallest absolute Gasteiger partial charge is 0.385 e. The summed E-state index contributed by atoms with van der Waals surface area (Å²) in [4.78, 5) is 13.6. The van der Waals surface area contributed by atoms with Crippen LogP contribution in [0.3, 0.4) is 0 Å². The first-order valence-electron chi connectivity index (χ1n) is 29.1. The van der Waals surface area contributed by atoms with E-state index in [1.54, 1.807) is 0 Å². The molecular weight excluding hydrogens is 1970 g/mol. The van der Waals surface area contributed by atoms with Gasteiger partial charge in [-0.1, -0.05) is 0 Å². The van der Waals surface area contributed by atoms with Gasteiger partial charge in [0.2, 0.25) is 0 Å². The van der Waals surface area contributed by atoms with Crippen molar-refractivity contribution in [1.82, 2.24) is 29.9 Å². The van der Waals surface area contributed by atoms with Gasteiger partial charge in [0.25, 0.3) is 0 Å². The molecule has 0 aliphatic heterocycles. The maximum Gasteiger partial charge on any atom is 0.385 e. The molecule has 0 bridgehead atoms. The zero-order valence-electron chi connectivity index (χ0n) is 55.4. The van der Waals surface area contributed by atoms with Crippen molar-refractivity contribution in [3.8, 4) is 36.1 Å². The maximum atomic E-state index is 14.9. The first kappa shape index (κ1) is 111. The van der Waals surface area contributed by atoms with Crippen molar-refractivity contribution >= 4 is 0 Å². The number of nitrogens with zero attached hydrogens (tertiary/aromatic N) is 6. The Morgan fingerprint density at radius 1 is 0.177 bits per heavy atom. The number of aromatic nitrogens is 6. The molecule has 0 atom stereocenters. The van der Waals surface area contributed by atoms with E-state index in [1.807, 2.05) is 9.97 Å². The molecule has 124 heavy (non-hydrogen) atoms. The molecule has 0 aromatic carbocycles. The molecule has 0 saturated heterocycles. The maximum absolute atomic E-state index is 14.9. The molecule has 1 aliphatic rings. The van der Waals surface area contributed by atoms with Crippen molar-refractivity contribution in [3.05, 3.63) is 0 Å². The zero-order valence-corrected chi connectivity index (χ0v) is 55.4. The van der Waals surface area contributed by atoms with Gasteiger partial charge in [-0.2, -0.15) is 246 Å². The molecule has 76 heteroatoms. The second-order valence-corrected chi connectivity index (χ2v) is 24.2. The Labute approximate surface area is 631 Å². The van der Waals surface area contributed by atoms with E-state index in [0.29, 0.717) is 0 Å². The fourth-order valence-corrected chi connectivity index (χ4v) is 8.22. The molecule has 0 unspecified atom stereocenters. The zero-order chi connectivity index (χ0) is 99.1. The number of alkyl halides is 64. The highest BCUT2D eigenvalue weighted by Gasteiger charge is 2.99. The Kier molecular flexibility index (Phi) is 28.7. The van der Waals surface area contributed by atoms with Gasteiger partial charge in [0.1, 0.15) is 12.2 Å². The van der Waals surface area contributed by atoms with Crippen LogP contribution in [-0.4, -0.2) is 260 Å². The molecule has 1 saturated carbocycles. The highest BCUT2D eigenvalue weighted by atomic mass is 19.4. The molecule has 2 heterocycles. The third-order valence-electron chi connectivity index (χ3n) is 15.8. The Bertz CT molecular complexity index is 3510. The first-order chi connectivity index (χ1) is 54.0. The average molecular weight is 1990 g/mol. The van der Waals surface area contributed by atoms with Crippen LogP contribution in [0.25, 0.3) is 0 Å². The molecular formula is C48H22F64N6O6. The molecule has 12 nitrogen and oxygen atoms in total. The van der Waals surface area contributed by atoms with E-state index in [9.17, 15) is 281 Å². The van der Waals surface area contributed by atoms with Crippen LogP contribution in [0.2, 0.25) is 0 Å².